The number of anilines is 1. The Morgan fingerprint density at radius 2 is 1.73 bits per heavy atom. The summed E-state index contributed by atoms with van der Waals surface area (Å²) in [6.45, 7) is 1.79. The van der Waals surface area contributed by atoms with E-state index in [4.69, 9.17) is 4.74 Å². The van der Waals surface area contributed by atoms with Crippen LogP contribution in [0.25, 0.3) is 10.8 Å². The molecule has 0 saturated carbocycles. The summed E-state index contributed by atoms with van der Waals surface area (Å²) >= 11 is 1.17. The van der Waals surface area contributed by atoms with Gasteiger partial charge in [0, 0.05) is 7.05 Å². The number of carbonyl (C=O) groups is 1. The van der Waals surface area contributed by atoms with E-state index in [1.54, 1.807) is 41.8 Å². The summed E-state index contributed by atoms with van der Waals surface area (Å²) in [5.41, 5.74) is 1.52. The van der Waals surface area contributed by atoms with Gasteiger partial charge in [0.15, 0.2) is 6.61 Å². The molecule has 1 N–H and O–H groups in total. The Kier molecular flexibility index (Phi) is 6.67. The molecule has 0 aliphatic rings. The van der Waals surface area contributed by atoms with Gasteiger partial charge >= 0.3 is 0 Å². The molecule has 0 fully saturated rings. The second-order valence-electron chi connectivity index (χ2n) is 7.58. The van der Waals surface area contributed by atoms with Gasteiger partial charge in [-0.25, -0.2) is 8.42 Å². The highest BCUT2D eigenvalue weighted by Gasteiger charge is 2.22. The largest absolute Gasteiger partial charge is 0.484 e. The van der Waals surface area contributed by atoms with Crippen LogP contribution < -0.4 is 14.4 Å². The van der Waals surface area contributed by atoms with E-state index in [1.165, 1.54) is 22.7 Å². The van der Waals surface area contributed by atoms with Crippen molar-refractivity contribution in [2.24, 2.45) is 0 Å². The first-order valence-corrected chi connectivity index (χ1v) is 12.7. The number of hydrogen-bond acceptors (Lipinski definition) is 5. The lowest BCUT2D eigenvalue weighted by Crippen LogP contribution is -2.31. The van der Waals surface area contributed by atoms with Gasteiger partial charge in [-0.2, -0.15) is 0 Å². The molecule has 1 heterocycles. The molecule has 1 unspecified atom stereocenters. The van der Waals surface area contributed by atoms with Crippen LogP contribution in [0, 0.1) is 0 Å². The number of rotatable bonds is 8. The van der Waals surface area contributed by atoms with Crippen molar-refractivity contribution in [2.45, 2.75) is 17.2 Å². The Bertz CT molecular complexity index is 1350. The van der Waals surface area contributed by atoms with Gasteiger partial charge in [-0.1, -0.05) is 42.5 Å². The molecule has 0 spiro atoms. The highest BCUT2D eigenvalue weighted by molar-refractivity contribution is 7.94. The Labute approximate surface area is 197 Å². The van der Waals surface area contributed by atoms with E-state index < -0.39 is 10.0 Å². The van der Waals surface area contributed by atoms with Crippen LogP contribution >= 0.6 is 11.3 Å². The molecule has 170 valence electrons. The molecule has 6 nitrogen and oxygen atoms in total. The molecule has 0 aliphatic heterocycles. The molecule has 1 aromatic heterocycles. The minimum Gasteiger partial charge on any atom is -0.484 e. The monoisotopic (exact) mass is 480 g/mol. The van der Waals surface area contributed by atoms with E-state index in [0.717, 1.165) is 16.3 Å². The van der Waals surface area contributed by atoms with Crippen molar-refractivity contribution in [3.63, 3.8) is 0 Å². The molecule has 3 aromatic carbocycles. The molecule has 1 atom stereocenters. The first kappa shape index (κ1) is 22.8. The summed E-state index contributed by atoms with van der Waals surface area (Å²) in [5, 5.41) is 6.95. The van der Waals surface area contributed by atoms with Crippen molar-refractivity contribution in [3.8, 4) is 5.75 Å². The summed E-state index contributed by atoms with van der Waals surface area (Å²) in [4.78, 5) is 12.4. The van der Waals surface area contributed by atoms with Crippen LogP contribution in [0.15, 0.2) is 88.5 Å². The van der Waals surface area contributed by atoms with Crippen LogP contribution in [-0.4, -0.2) is 28.0 Å². The quantitative estimate of drug-likeness (QED) is 0.386. The van der Waals surface area contributed by atoms with Crippen molar-refractivity contribution in [1.82, 2.24) is 5.32 Å². The molecule has 33 heavy (non-hydrogen) atoms. The first-order valence-electron chi connectivity index (χ1n) is 10.4. The van der Waals surface area contributed by atoms with Crippen LogP contribution in [-0.2, 0) is 14.8 Å². The van der Waals surface area contributed by atoms with Gasteiger partial charge in [-0.05, 0) is 65.0 Å². The molecule has 0 bridgehead atoms. The van der Waals surface area contributed by atoms with Gasteiger partial charge in [0.1, 0.15) is 9.96 Å². The van der Waals surface area contributed by atoms with Crippen molar-refractivity contribution in [1.29, 1.82) is 0 Å². The molecule has 0 aliphatic carbocycles. The minimum absolute atomic E-state index is 0.138. The van der Waals surface area contributed by atoms with E-state index in [1.807, 2.05) is 37.3 Å². The maximum atomic E-state index is 12.6. The average molecular weight is 481 g/mol. The standard InChI is InChI=1S/C25H24N2O4S2/c1-18(20-10-9-19-6-3-4-7-21(19)16-20)26-24(28)17-31-23-13-11-22(12-14-23)27(2)33(29,30)25-8-5-15-32-25/h3-16,18H,17H2,1-2H3,(H,26,28). The highest BCUT2D eigenvalue weighted by atomic mass is 32.2. The normalized spacial score (nSPS) is 12.3. The maximum absolute atomic E-state index is 12.6. The number of fused-ring (bicyclic) bond motifs is 1. The predicted molar refractivity (Wildman–Crippen MR) is 132 cm³/mol. The van der Waals surface area contributed by atoms with Gasteiger partial charge in [-0.3, -0.25) is 9.10 Å². The second kappa shape index (κ2) is 9.64. The van der Waals surface area contributed by atoms with Gasteiger partial charge < -0.3 is 10.1 Å². The fourth-order valence-electron chi connectivity index (χ4n) is 3.43. The summed E-state index contributed by atoms with van der Waals surface area (Å²) in [5.74, 6) is 0.242. The Morgan fingerprint density at radius 1 is 1.00 bits per heavy atom. The summed E-state index contributed by atoms with van der Waals surface area (Å²) < 4.78 is 32.4. The minimum atomic E-state index is -3.59. The van der Waals surface area contributed by atoms with Crippen LogP contribution in [0.4, 0.5) is 5.69 Å². The van der Waals surface area contributed by atoms with E-state index in [-0.39, 0.29) is 22.8 Å². The third-order valence-electron chi connectivity index (χ3n) is 5.33. The maximum Gasteiger partial charge on any atom is 0.273 e. The van der Waals surface area contributed by atoms with E-state index in [2.05, 4.69) is 17.4 Å². The third-order valence-corrected chi connectivity index (χ3v) is 8.49. The van der Waals surface area contributed by atoms with E-state index >= 15 is 0 Å². The summed E-state index contributed by atoms with van der Waals surface area (Å²) in [7, 11) is -2.09. The lowest BCUT2D eigenvalue weighted by atomic mass is 10.0. The van der Waals surface area contributed by atoms with Gasteiger partial charge in [0.2, 0.25) is 0 Å². The highest BCUT2D eigenvalue weighted by Crippen LogP contribution is 2.26. The van der Waals surface area contributed by atoms with Gasteiger partial charge in [-0.15, -0.1) is 11.3 Å². The fraction of sp³-hybridized carbons (Fsp3) is 0.160. The number of nitrogens with zero attached hydrogens (tertiary/aromatic N) is 1. The molecule has 0 saturated heterocycles. The van der Waals surface area contributed by atoms with E-state index in [0.29, 0.717) is 11.4 Å². The lowest BCUT2D eigenvalue weighted by Gasteiger charge is -2.19. The van der Waals surface area contributed by atoms with Crippen LogP contribution in [0.1, 0.15) is 18.5 Å². The van der Waals surface area contributed by atoms with Gasteiger partial charge in [0.05, 0.1) is 11.7 Å². The number of amides is 1. The number of benzene rings is 3. The molecule has 8 heteroatoms. The lowest BCUT2D eigenvalue weighted by molar-refractivity contribution is -0.123. The Morgan fingerprint density at radius 3 is 2.42 bits per heavy atom. The Hall–Kier alpha value is -3.36. The summed E-state index contributed by atoms with van der Waals surface area (Å²) in [6, 6.07) is 23.9. The number of nitrogens with one attached hydrogen (secondary N) is 1. The fourth-order valence-corrected chi connectivity index (χ4v) is 5.79. The average Bonchev–Trinajstić information content (AvgIpc) is 3.38. The van der Waals surface area contributed by atoms with Crippen molar-refractivity contribution in [2.75, 3.05) is 18.0 Å². The van der Waals surface area contributed by atoms with Crippen molar-refractivity contribution in [3.05, 3.63) is 89.8 Å². The SMILES string of the molecule is CC(NC(=O)COc1ccc(N(C)S(=O)(=O)c2cccs2)cc1)c1ccc2ccccc2c1. The third kappa shape index (κ3) is 5.18. The van der Waals surface area contributed by atoms with Crippen LogP contribution in [0.5, 0.6) is 5.75 Å². The smallest absolute Gasteiger partial charge is 0.273 e. The first-order chi connectivity index (χ1) is 15.8. The molecule has 4 aromatic rings. The molecule has 1 amide bonds. The number of thiophene rings is 1. The number of sulfonamides is 1. The van der Waals surface area contributed by atoms with Crippen LogP contribution in [0.2, 0.25) is 0 Å². The Balaban J connectivity index is 1.33. The molecule has 0 radical (unpaired) electrons. The zero-order valence-corrected chi connectivity index (χ0v) is 19.9. The number of hydrogen-bond donors (Lipinski definition) is 1. The predicted octanol–water partition coefficient (Wildman–Crippen LogP) is 4.98. The molecular weight excluding hydrogens is 456 g/mol. The molecule has 4 rings (SSSR count). The number of carbonyl (C=O) groups excluding carboxylic acids is 1. The molecular formula is C25H24N2O4S2. The van der Waals surface area contributed by atoms with Gasteiger partial charge in [0.25, 0.3) is 15.9 Å². The second-order valence-corrected chi connectivity index (χ2v) is 10.7. The number of ether oxygens (including phenoxy) is 1. The van der Waals surface area contributed by atoms with Crippen molar-refractivity contribution >= 4 is 43.7 Å². The zero-order valence-electron chi connectivity index (χ0n) is 18.3. The summed E-state index contributed by atoms with van der Waals surface area (Å²) in [6.07, 6.45) is 0. The van der Waals surface area contributed by atoms with Crippen LogP contribution in [0.3, 0.4) is 0 Å². The van der Waals surface area contributed by atoms with E-state index in [9.17, 15) is 13.2 Å². The topological polar surface area (TPSA) is 75.7 Å². The van der Waals surface area contributed by atoms with Crippen molar-refractivity contribution < 1.29 is 17.9 Å². The zero-order chi connectivity index (χ0) is 23.4.